The van der Waals surface area contributed by atoms with E-state index in [1.807, 2.05) is 45.9 Å². The molecule has 40 heavy (non-hydrogen) atoms. The fourth-order valence-corrected chi connectivity index (χ4v) is 4.81. The van der Waals surface area contributed by atoms with Crippen LogP contribution in [0.25, 0.3) is 0 Å². The summed E-state index contributed by atoms with van der Waals surface area (Å²) in [6, 6.07) is 5.41. The maximum atomic E-state index is 13.1. The average Bonchev–Trinajstić information content (AvgIpc) is 2.85. The first-order valence-electron chi connectivity index (χ1n) is 13.3. The van der Waals surface area contributed by atoms with Gasteiger partial charge in [-0.15, -0.1) is 0 Å². The smallest absolute Gasteiger partial charge is 0.410 e. The molecule has 1 aliphatic rings. The van der Waals surface area contributed by atoms with Crippen molar-refractivity contribution in [2.45, 2.75) is 77.8 Å². The SMILES string of the molecule is C=NC(=NCC(C)(C)/C=C\C=C(C)C)NS(=O)(=O)c1cccc(C(=O)N[C@H]2CCCN(C(=O)OC(C)(C)C)C2)c1. The van der Waals surface area contributed by atoms with Gasteiger partial charge in [-0.1, -0.05) is 43.7 Å². The number of benzene rings is 1. The number of sulfonamides is 1. The van der Waals surface area contributed by atoms with Gasteiger partial charge in [-0.3, -0.25) is 4.79 Å². The molecule has 1 aromatic carbocycles. The van der Waals surface area contributed by atoms with E-state index < -0.39 is 27.6 Å². The van der Waals surface area contributed by atoms with E-state index in [1.165, 1.54) is 24.3 Å². The number of nitrogens with zero attached hydrogens (tertiary/aromatic N) is 3. The molecule has 0 spiro atoms. The number of hydrogen-bond donors (Lipinski definition) is 2. The summed E-state index contributed by atoms with van der Waals surface area (Å²) in [5, 5.41) is 2.91. The van der Waals surface area contributed by atoms with Gasteiger partial charge in [-0.2, -0.15) is 0 Å². The minimum absolute atomic E-state index is 0.113. The Labute approximate surface area is 238 Å². The minimum atomic E-state index is -4.09. The van der Waals surface area contributed by atoms with Crippen molar-refractivity contribution in [3.05, 3.63) is 53.6 Å². The Balaban J connectivity index is 2.10. The van der Waals surface area contributed by atoms with Gasteiger partial charge in [0, 0.05) is 30.1 Å². The summed E-state index contributed by atoms with van der Waals surface area (Å²) in [7, 11) is -4.09. The van der Waals surface area contributed by atoms with Crippen LogP contribution in [-0.2, 0) is 14.8 Å². The van der Waals surface area contributed by atoms with Crippen molar-refractivity contribution in [1.82, 2.24) is 14.9 Å². The normalized spacial score (nSPS) is 16.8. The lowest BCUT2D eigenvalue weighted by molar-refractivity contribution is 0.0185. The quantitative estimate of drug-likeness (QED) is 0.265. The van der Waals surface area contributed by atoms with E-state index in [0.717, 1.165) is 5.57 Å². The van der Waals surface area contributed by atoms with Crippen LogP contribution in [-0.4, -0.2) is 69.3 Å². The van der Waals surface area contributed by atoms with Crippen LogP contribution in [0.5, 0.6) is 0 Å². The molecular weight excluding hydrogens is 530 g/mol. The van der Waals surface area contributed by atoms with E-state index in [0.29, 0.717) is 25.9 Å². The second kappa shape index (κ2) is 13.7. The van der Waals surface area contributed by atoms with E-state index in [4.69, 9.17) is 4.74 Å². The lowest BCUT2D eigenvalue weighted by Crippen LogP contribution is -2.50. The highest BCUT2D eigenvalue weighted by molar-refractivity contribution is 7.90. The zero-order chi connectivity index (χ0) is 30.1. The number of ether oxygens (including phenoxy) is 1. The monoisotopic (exact) mass is 573 g/mol. The second-order valence-corrected chi connectivity index (χ2v) is 13.4. The third-order valence-electron chi connectivity index (χ3n) is 5.80. The van der Waals surface area contributed by atoms with Gasteiger partial charge in [0.05, 0.1) is 11.4 Å². The summed E-state index contributed by atoms with van der Waals surface area (Å²) >= 11 is 0. The van der Waals surface area contributed by atoms with Gasteiger partial charge in [-0.25, -0.2) is 27.9 Å². The number of carbonyl (C=O) groups excluding carboxylic acids is 2. The van der Waals surface area contributed by atoms with Gasteiger partial charge < -0.3 is 15.0 Å². The Hall–Kier alpha value is -3.47. The largest absolute Gasteiger partial charge is 0.444 e. The molecule has 0 radical (unpaired) electrons. The van der Waals surface area contributed by atoms with Crippen molar-refractivity contribution >= 4 is 34.7 Å². The number of allylic oxidation sites excluding steroid dienone is 3. The maximum absolute atomic E-state index is 13.1. The Bertz CT molecular complexity index is 1270. The average molecular weight is 574 g/mol. The summed E-state index contributed by atoms with van der Waals surface area (Å²) in [5.74, 6) is -0.572. The molecule has 2 rings (SSSR count). The molecule has 0 aliphatic carbocycles. The van der Waals surface area contributed by atoms with Crippen LogP contribution in [0.1, 0.15) is 71.7 Å². The fourth-order valence-electron chi connectivity index (χ4n) is 3.79. The van der Waals surface area contributed by atoms with Gasteiger partial charge in [0.1, 0.15) is 5.60 Å². The molecule has 0 bridgehead atoms. The summed E-state index contributed by atoms with van der Waals surface area (Å²) in [5.41, 5.74) is 0.378. The number of hydrogen-bond acceptors (Lipinski definition) is 6. The third kappa shape index (κ3) is 11.0. The fraction of sp³-hybridized carbons (Fsp3) is 0.517. The summed E-state index contributed by atoms with van der Waals surface area (Å²) < 4.78 is 34.0. The summed E-state index contributed by atoms with van der Waals surface area (Å²) in [4.78, 5) is 34.9. The van der Waals surface area contributed by atoms with Crippen molar-refractivity contribution < 1.29 is 22.7 Å². The molecule has 220 valence electrons. The third-order valence-corrected chi connectivity index (χ3v) is 7.13. The van der Waals surface area contributed by atoms with Crippen molar-refractivity contribution in [2.24, 2.45) is 15.4 Å². The van der Waals surface area contributed by atoms with Gasteiger partial charge in [0.2, 0.25) is 5.96 Å². The number of likely N-dealkylation sites (tertiary alicyclic amines) is 1. The highest BCUT2D eigenvalue weighted by Gasteiger charge is 2.29. The highest BCUT2D eigenvalue weighted by Crippen LogP contribution is 2.19. The van der Waals surface area contributed by atoms with Crippen LogP contribution in [0.4, 0.5) is 4.79 Å². The van der Waals surface area contributed by atoms with Crippen LogP contribution in [0, 0.1) is 5.41 Å². The lowest BCUT2D eigenvalue weighted by atomic mass is 9.93. The van der Waals surface area contributed by atoms with Crippen LogP contribution >= 0.6 is 0 Å². The summed E-state index contributed by atoms with van der Waals surface area (Å²) in [6.45, 7) is 17.9. The zero-order valence-corrected chi connectivity index (χ0v) is 25.5. The predicted octanol–water partition coefficient (Wildman–Crippen LogP) is 4.70. The Morgan fingerprint density at radius 1 is 1.20 bits per heavy atom. The molecule has 2 amide bonds. The molecule has 0 aromatic heterocycles. The van der Waals surface area contributed by atoms with Gasteiger partial charge in [0.15, 0.2) is 0 Å². The first-order valence-corrected chi connectivity index (χ1v) is 14.8. The van der Waals surface area contributed by atoms with Gasteiger partial charge in [0.25, 0.3) is 15.9 Å². The van der Waals surface area contributed by atoms with Crippen LogP contribution in [0.3, 0.4) is 0 Å². The molecule has 1 fully saturated rings. The Morgan fingerprint density at radius 3 is 2.52 bits per heavy atom. The lowest BCUT2D eigenvalue weighted by Gasteiger charge is -2.34. The Morgan fingerprint density at radius 2 is 1.90 bits per heavy atom. The minimum Gasteiger partial charge on any atom is -0.444 e. The number of guanidine groups is 1. The van der Waals surface area contributed by atoms with Crippen molar-refractivity contribution in [1.29, 1.82) is 0 Å². The molecule has 2 N–H and O–H groups in total. The van der Waals surface area contributed by atoms with Crippen molar-refractivity contribution in [2.75, 3.05) is 19.6 Å². The summed E-state index contributed by atoms with van der Waals surface area (Å²) in [6.07, 6.45) is 6.88. The Kier molecular flexibility index (Phi) is 11.2. The molecule has 1 saturated heterocycles. The van der Waals surface area contributed by atoms with Gasteiger partial charge >= 0.3 is 6.09 Å². The number of aliphatic imine (C=N–C) groups is 2. The van der Waals surface area contributed by atoms with Crippen LogP contribution < -0.4 is 10.0 Å². The van der Waals surface area contributed by atoms with E-state index in [-0.39, 0.29) is 34.4 Å². The number of nitrogens with one attached hydrogen (secondary N) is 2. The number of carbonyl (C=O) groups is 2. The molecule has 11 heteroatoms. The molecule has 1 atom stereocenters. The van der Waals surface area contributed by atoms with E-state index in [1.54, 1.807) is 25.7 Å². The highest BCUT2D eigenvalue weighted by atomic mass is 32.2. The van der Waals surface area contributed by atoms with E-state index in [2.05, 4.69) is 26.7 Å². The predicted molar refractivity (Wildman–Crippen MR) is 159 cm³/mol. The molecule has 0 saturated carbocycles. The number of rotatable bonds is 8. The number of piperidine rings is 1. The number of amides is 2. The van der Waals surface area contributed by atoms with Crippen molar-refractivity contribution in [3.63, 3.8) is 0 Å². The topological polar surface area (TPSA) is 130 Å². The molecule has 1 aliphatic heterocycles. The maximum Gasteiger partial charge on any atom is 0.410 e. The first-order chi connectivity index (χ1) is 18.5. The van der Waals surface area contributed by atoms with Crippen LogP contribution in [0.2, 0.25) is 0 Å². The second-order valence-electron chi connectivity index (χ2n) is 11.8. The van der Waals surface area contributed by atoms with Crippen LogP contribution in [0.15, 0.2) is 62.9 Å². The molecule has 1 aromatic rings. The van der Waals surface area contributed by atoms with E-state index in [9.17, 15) is 18.0 Å². The zero-order valence-electron chi connectivity index (χ0n) is 24.7. The molecule has 1 heterocycles. The van der Waals surface area contributed by atoms with E-state index >= 15 is 0 Å². The van der Waals surface area contributed by atoms with Gasteiger partial charge in [-0.05, 0) is 72.4 Å². The molecule has 10 nitrogen and oxygen atoms in total. The molecular formula is C29H43N5O5S. The standard InChI is InChI=1S/C29H43N5O5S/c1-21(2)12-10-16-29(6,7)20-31-26(30-8)33-40(37,38)24-15-9-13-22(18-24)25(35)32-23-14-11-17-34(19-23)27(36)39-28(3,4)5/h9-10,12-13,15-16,18,23H,8,11,14,17,19-20H2,1-7H3,(H,31,33)(H,32,35)/b16-10-/t23-/m0/s1. The molecule has 0 unspecified atom stereocenters. The first kappa shape index (κ1) is 32.7. The van der Waals surface area contributed by atoms with Crippen molar-refractivity contribution in [3.8, 4) is 0 Å².